The molecule has 2 rings (SSSR count). The number of benzene rings is 1. The van der Waals surface area contributed by atoms with E-state index in [1.54, 1.807) is 0 Å². The fraction of sp³-hybridized carbons (Fsp3) is 0.455. The van der Waals surface area contributed by atoms with Crippen molar-refractivity contribution in [2.24, 2.45) is 0 Å². The highest BCUT2D eigenvalue weighted by molar-refractivity contribution is 9.10. The summed E-state index contributed by atoms with van der Waals surface area (Å²) < 4.78 is 14.6. The van der Waals surface area contributed by atoms with E-state index in [2.05, 4.69) is 21.2 Å². The lowest BCUT2D eigenvalue weighted by Crippen LogP contribution is -2.35. The average molecular weight is 295 g/mol. The molecule has 1 aliphatic rings. The molecule has 0 aliphatic carbocycles. The SMILES string of the molecule is Cl.FC1CCCNC1c1ccc(Br)cc1. The van der Waals surface area contributed by atoms with Gasteiger partial charge in [0.05, 0.1) is 6.04 Å². The standard InChI is InChI=1S/C11H13BrFN.ClH/c12-9-5-3-8(4-6-9)11-10(13)2-1-7-14-11;/h3-6,10-11,14H,1-2,7H2;1H. The number of rotatable bonds is 1. The van der Waals surface area contributed by atoms with Crippen LogP contribution in [0.2, 0.25) is 0 Å². The first-order valence-electron chi connectivity index (χ1n) is 4.90. The van der Waals surface area contributed by atoms with Crippen molar-refractivity contribution < 1.29 is 4.39 Å². The highest BCUT2D eigenvalue weighted by atomic mass is 79.9. The third-order valence-corrected chi connectivity index (χ3v) is 3.14. The second-order valence-corrected chi connectivity index (χ2v) is 4.56. The molecule has 1 aromatic rings. The lowest BCUT2D eigenvalue weighted by Gasteiger charge is -2.27. The number of hydrogen-bond donors (Lipinski definition) is 1. The Hall–Kier alpha value is -0.120. The molecule has 0 aromatic heterocycles. The van der Waals surface area contributed by atoms with Crippen LogP contribution >= 0.6 is 28.3 Å². The third-order valence-electron chi connectivity index (χ3n) is 2.61. The first-order chi connectivity index (χ1) is 6.77. The summed E-state index contributed by atoms with van der Waals surface area (Å²) in [6, 6.07) is 7.74. The predicted molar refractivity (Wildman–Crippen MR) is 66.3 cm³/mol. The van der Waals surface area contributed by atoms with Crippen LogP contribution in [0, 0.1) is 0 Å². The lowest BCUT2D eigenvalue weighted by atomic mass is 9.96. The maximum atomic E-state index is 13.6. The molecule has 1 aromatic carbocycles. The van der Waals surface area contributed by atoms with Crippen molar-refractivity contribution in [2.75, 3.05) is 6.54 Å². The van der Waals surface area contributed by atoms with Gasteiger partial charge in [0.2, 0.25) is 0 Å². The van der Waals surface area contributed by atoms with Crippen LogP contribution in [0.4, 0.5) is 4.39 Å². The van der Waals surface area contributed by atoms with Crippen LogP contribution in [-0.2, 0) is 0 Å². The van der Waals surface area contributed by atoms with Crippen LogP contribution in [0.5, 0.6) is 0 Å². The molecule has 2 unspecified atom stereocenters. The van der Waals surface area contributed by atoms with Gasteiger partial charge in [-0.3, -0.25) is 0 Å². The Morgan fingerprint density at radius 2 is 1.93 bits per heavy atom. The third kappa shape index (κ3) is 3.16. The quantitative estimate of drug-likeness (QED) is 0.834. The summed E-state index contributed by atoms with van der Waals surface area (Å²) in [7, 11) is 0. The fourth-order valence-corrected chi connectivity index (χ4v) is 2.11. The zero-order chi connectivity index (χ0) is 9.97. The average Bonchev–Trinajstić information content (AvgIpc) is 2.20. The Morgan fingerprint density at radius 1 is 1.27 bits per heavy atom. The smallest absolute Gasteiger partial charge is 0.120 e. The summed E-state index contributed by atoms with van der Waals surface area (Å²) >= 11 is 3.37. The highest BCUT2D eigenvalue weighted by Gasteiger charge is 2.25. The van der Waals surface area contributed by atoms with E-state index < -0.39 is 6.17 Å². The molecule has 0 spiro atoms. The van der Waals surface area contributed by atoms with Crippen molar-refractivity contribution in [3.8, 4) is 0 Å². The van der Waals surface area contributed by atoms with Crippen LogP contribution in [-0.4, -0.2) is 12.7 Å². The van der Waals surface area contributed by atoms with E-state index in [9.17, 15) is 4.39 Å². The maximum absolute atomic E-state index is 13.6. The van der Waals surface area contributed by atoms with Crippen LogP contribution in [0.3, 0.4) is 0 Å². The molecular weight excluding hydrogens is 280 g/mol. The van der Waals surface area contributed by atoms with E-state index in [1.807, 2.05) is 24.3 Å². The van der Waals surface area contributed by atoms with Crippen LogP contribution in [0.25, 0.3) is 0 Å². The summed E-state index contributed by atoms with van der Waals surface area (Å²) in [5, 5.41) is 3.21. The Balaban J connectivity index is 0.00000112. The highest BCUT2D eigenvalue weighted by Crippen LogP contribution is 2.26. The number of piperidine rings is 1. The number of alkyl halides is 1. The van der Waals surface area contributed by atoms with Gasteiger partial charge in [0, 0.05) is 4.47 Å². The Kier molecular flexibility index (Phi) is 5.03. The molecule has 0 bridgehead atoms. The zero-order valence-corrected chi connectivity index (χ0v) is 10.7. The largest absolute Gasteiger partial charge is 0.308 e. The topological polar surface area (TPSA) is 12.0 Å². The molecule has 1 fully saturated rings. The molecule has 15 heavy (non-hydrogen) atoms. The lowest BCUT2D eigenvalue weighted by molar-refractivity contribution is 0.201. The molecular formula is C11H14BrClFN. The van der Waals surface area contributed by atoms with E-state index in [0.717, 1.165) is 23.0 Å². The first-order valence-corrected chi connectivity index (χ1v) is 5.69. The molecule has 2 atom stereocenters. The van der Waals surface area contributed by atoms with Crippen LogP contribution < -0.4 is 5.32 Å². The predicted octanol–water partition coefficient (Wildman–Crippen LogP) is 3.63. The van der Waals surface area contributed by atoms with Gasteiger partial charge in [-0.2, -0.15) is 0 Å². The molecule has 84 valence electrons. The Bertz CT molecular complexity index is 304. The fourth-order valence-electron chi connectivity index (χ4n) is 1.85. The van der Waals surface area contributed by atoms with Gasteiger partial charge in [0.15, 0.2) is 0 Å². The van der Waals surface area contributed by atoms with E-state index in [0.29, 0.717) is 6.42 Å². The molecule has 1 nitrogen and oxygen atoms in total. The number of halogens is 3. The van der Waals surface area contributed by atoms with Crippen LogP contribution in [0.1, 0.15) is 24.4 Å². The molecule has 0 radical (unpaired) electrons. The van der Waals surface area contributed by atoms with E-state index in [4.69, 9.17) is 0 Å². The minimum absolute atomic E-state index is 0. The van der Waals surface area contributed by atoms with Crippen molar-refractivity contribution in [2.45, 2.75) is 25.1 Å². The second kappa shape index (κ2) is 5.83. The maximum Gasteiger partial charge on any atom is 0.120 e. The minimum atomic E-state index is -0.745. The second-order valence-electron chi connectivity index (χ2n) is 3.64. The van der Waals surface area contributed by atoms with E-state index >= 15 is 0 Å². The first kappa shape index (κ1) is 12.9. The minimum Gasteiger partial charge on any atom is -0.308 e. The van der Waals surface area contributed by atoms with Crippen molar-refractivity contribution in [1.29, 1.82) is 0 Å². The molecule has 1 heterocycles. The van der Waals surface area contributed by atoms with Crippen molar-refractivity contribution in [1.82, 2.24) is 5.32 Å². The van der Waals surface area contributed by atoms with Crippen molar-refractivity contribution in [3.63, 3.8) is 0 Å². The van der Waals surface area contributed by atoms with Gasteiger partial charge in [-0.15, -0.1) is 12.4 Å². The van der Waals surface area contributed by atoms with Gasteiger partial charge in [-0.1, -0.05) is 28.1 Å². The monoisotopic (exact) mass is 293 g/mol. The Labute approximate surface area is 104 Å². The van der Waals surface area contributed by atoms with E-state index in [-0.39, 0.29) is 18.4 Å². The number of hydrogen-bond acceptors (Lipinski definition) is 1. The van der Waals surface area contributed by atoms with Gasteiger partial charge in [0.25, 0.3) is 0 Å². The Morgan fingerprint density at radius 3 is 2.53 bits per heavy atom. The molecule has 1 N–H and O–H groups in total. The molecule has 0 amide bonds. The molecule has 1 aliphatic heterocycles. The number of nitrogens with one attached hydrogen (secondary N) is 1. The summed E-state index contributed by atoms with van der Waals surface area (Å²) in [5.41, 5.74) is 1.04. The summed E-state index contributed by atoms with van der Waals surface area (Å²) in [5.74, 6) is 0. The zero-order valence-electron chi connectivity index (χ0n) is 8.25. The van der Waals surface area contributed by atoms with Crippen LogP contribution in [0.15, 0.2) is 28.7 Å². The van der Waals surface area contributed by atoms with Gasteiger partial charge in [-0.05, 0) is 37.1 Å². The molecule has 1 saturated heterocycles. The normalized spacial score (nSPS) is 25.7. The van der Waals surface area contributed by atoms with E-state index in [1.165, 1.54) is 0 Å². The summed E-state index contributed by atoms with van der Waals surface area (Å²) in [6.45, 7) is 0.918. The van der Waals surface area contributed by atoms with Crippen molar-refractivity contribution >= 4 is 28.3 Å². The summed E-state index contributed by atoms with van der Waals surface area (Å²) in [4.78, 5) is 0. The van der Waals surface area contributed by atoms with Gasteiger partial charge in [0.1, 0.15) is 6.17 Å². The van der Waals surface area contributed by atoms with Gasteiger partial charge in [-0.25, -0.2) is 4.39 Å². The van der Waals surface area contributed by atoms with Crippen molar-refractivity contribution in [3.05, 3.63) is 34.3 Å². The van der Waals surface area contributed by atoms with Gasteiger partial charge >= 0.3 is 0 Å². The summed E-state index contributed by atoms with van der Waals surface area (Å²) in [6.07, 6.45) is 0.868. The molecule has 0 saturated carbocycles. The van der Waals surface area contributed by atoms with Gasteiger partial charge < -0.3 is 5.32 Å². The molecule has 4 heteroatoms.